The molecule has 5 heterocycles. The summed E-state index contributed by atoms with van der Waals surface area (Å²) in [6, 6.07) is 4.30. The standard InChI is InChI=1S/C37H44ClF3N8O2/c1-7-42-34(50)22-13-24(28(39)29(40)27(22)38)45-33-30-25(43-18-48(30)19(2)3)15-23(44-33)21-14-26-31(46-32(21)41)36(4,5)35(51)49(26)20-16-37(6,17-20)47-11-9-8-10-12-47/h13-15,18-20,34,42,50H,7-12,16-17H2,1-6H3,(H,44,45). The van der Waals surface area contributed by atoms with Gasteiger partial charge in [0, 0.05) is 23.2 Å². The van der Waals surface area contributed by atoms with Crippen LogP contribution < -0.4 is 15.5 Å². The maximum Gasteiger partial charge on any atom is 0.239 e. The van der Waals surface area contributed by atoms with Crippen molar-refractivity contribution in [3.8, 4) is 11.3 Å². The number of nitrogens with one attached hydrogen (secondary N) is 2. The molecule has 14 heteroatoms. The second kappa shape index (κ2) is 13.0. The van der Waals surface area contributed by atoms with Crippen molar-refractivity contribution < 1.29 is 23.1 Å². The Kier molecular flexibility index (Phi) is 9.09. The van der Waals surface area contributed by atoms with E-state index < -0.39 is 34.2 Å². The van der Waals surface area contributed by atoms with Gasteiger partial charge in [-0.1, -0.05) is 24.9 Å². The number of carbonyl (C=O) groups excluding carboxylic acids is 1. The first kappa shape index (κ1) is 35.6. The average Bonchev–Trinajstić information content (AvgIpc) is 3.60. The molecule has 3 aliphatic rings. The Balaban J connectivity index is 1.32. The number of piperidine rings is 1. The molecule has 1 amide bonds. The van der Waals surface area contributed by atoms with E-state index in [1.807, 2.05) is 18.4 Å². The predicted molar refractivity (Wildman–Crippen MR) is 192 cm³/mol. The molecule has 4 aromatic rings. The molecule has 10 nitrogen and oxygen atoms in total. The summed E-state index contributed by atoms with van der Waals surface area (Å²) in [4.78, 5) is 32.0. The minimum Gasteiger partial charge on any atom is -0.374 e. The van der Waals surface area contributed by atoms with E-state index in [9.17, 15) is 9.90 Å². The van der Waals surface area contributed by atoms with Crippen LogP contribution in [0.4, 0.5) is 30.4 Å². The molecule has 1 atom stereocenters. The van der Waals surface area contributed by atoms with Crippen LogP contribution in [0.5, 0.6) is 0 Å². The third-order valence-electron chi connectivity index (χ3n) is 10.9. The van der Waals surface area contributed by atoms with Crippen LogP contribution in [0.3, 0.4) is 0 Å². The predicted octanol–water partition coefficient (Wildman–Crippen LogP) is 7.52. The van der Waals surface area contributed by atoms with Crippen molar-refractivity contribution in [2.24, 2.45) is 0 Å². The number of imidazole rings is 1. The Labute approximate surface area is 300 Å². The lowest BCUT2D eigenvalue weighted by molar-refractivity contribution is -0.123. The van der Waals surface area contributed by atoms with Gasteiger partial charge in [0.2, 0.25) is 11.9 Å². The van der Waals surface area contributed by atoms with Crippen LogP contribution in [0.25, 0.3) is 22.3 Å². The van der Waals surface area contributed by atoms with Gasteiger partial charge in [0.1, 0.15) is 11.7 Å². The molecule has 0 radical (unpaired) electrons. The number of benzene rings is 1. The number of carbonyl (C=O) groups is 1. The van der Waals surface area contributed by atoms with Gasteiger partial charge in [-0.15, -0.1) is 0 Å². The van der Waals surface area contributed by atoms with E-state index >= 15 is 13.2 Å². The van der Waals surface area contributed by atoms with Crippen LogP contribution in [0.2, 0.25) is 5.02 Å². The van der Waals surface area contributed by atoms with Crippen LogP contribution in [-0.4, -0.2) is 66.6 Å². The second-order valence-electron chi connectivity index (χ2n) is 15.1. The molecule has 2 aliphatic heterocycles. The summed E-state index contributed by atoms with van der Waals surface area (Å²) in [5.41, 5.74) is 0.540. The largest absolute Gasteiger partial charge is 0.374 e. The van der Waals surface area contributed by atoms with Crippen LogP contribution in [-0.2, 0) is 10.2 Å². The summed E-state index contributed by atoms with van der Waals surface area (Å²) in [7, 11) is 0. The van der Waals surface area contributed by atoms with E-state index in [1.54, 1.807) is 44.1 Å². The van der Waals surface area contributed by atoms with E-state index in [1.165, 1.54) is 25.3 Å². The van der Waals surface area contributed by atoms with Gasteiger partial charge >= 0.3 is 0 Å². The Hall–Kier alpha value is -3.78. The molecular formula is C37H44ClF3N8O2. The smallest absolute Gasteiger partial charge is 0.239 e. The van der Waals surface area contributed by atoms with E-state index in [0.29, 0.717) is 29.0 Å². The molecule has 272 valence electrons. The molecule has 1 saturated heterocycles. The summed E-state index contributed by atoms with van der Waals surface area (Å²) in [5, 5.41) is 15.7. The molecule has 0 spiro atoms. The number of halogens is 4. The number of aromatic nitrogens is 4. The Morgan fingerprint density at radius 3 is 2.41 bits per heavy atom. The van der Waals surface area contributed by atoms with Crippen molar-refractivity contribution in [3.05, 3.63) is 58.4 Å². The maximum absolute atomic E-state index is 16.2. The molecule has 3 aromatic heterocycles. The summed E-state index contributed by atoms with van der Waals surface area (Å²) < 4.78 is 48.5. The lowest BCUT2D eigenvalue weighted by Crippen LogP contribution is -2.64. The number of rotatable bonds is 9. The normalized spacial score (nSPS) is 22.5. The van der Waals surface area contributed by atoms with Crippen molar-refractivity contribution in [3.63, 3.8) is 0 Å². The maximum atomic E-state index is 16.2. The zero-order chi connectivity index (χ0) is 36.6. The highest BCUT2D eigenvalue weighted by atomic mass is 35.5. The fourth-order valence-electron chi connectivity index (χ4n) is 8.03. The van der Waals surface area contributed by atoms with Crippen molar-refractivity contribution in [2.45, 2.75) is 103 Å². The van der Waals surface area contributed by atoms with Crippen molar-refractivity contribution in [1.29, 1.82) is 0 Å². The van der Waals surface area contributed by atoms with Crippen LogP contribution >= 0.6 is 11.6 Å². The van der Waals surface area contributed by atoms with Gasteiger partial charge in [0.15, 0.2) is 17.5 Å². The lowest BCUT2D eigenvalue weighted by atomic mass is 9.71. The third-order valence-corrected chi connectivity index (χ3v) is 11.3. The number of anilines is 3. The highest BCUT2D eigenvalue weighted by Crippen LogP contribution is 2.50. The number of hydrogen-bond donors (Lipinski definition) is 3. The third kappa shape index (κ3) is 5.86. The zero-order valence-corrected chi connectivity index (χ0v) is 30.5. The van der Waals surface area contributed by atoms with Crippen LogP contribution in [0, 0.1) is 17.6 Å². The molecule has 7 rings (SSSR count). The van der Waals surface area contributed by atoms with Crippen molar-refractivity contribution in [2.75, 3.05) is 29.9 Å². The highest BCUT2D eigenvalue weighted by molar-refractivity contribution is 6.31. The number of pyridine rings is 2. The monoisotopic (exact) mass is 724 g/mol. The number of likely N-dealkylation sites (tertiary alicyclic amines) is 1. The van der Waals surface area contributed by atoms with Gasteiger partial charge in [-0.2, -0.15) is 4.39 Å². The number of hydrogen-bond acceptors (Lipinski definition) is 8. The fourth-order valence-corrected chi connectivity index (χ4v) is 8.27. The molecular weight excluding hydrogens is 681 g/mol. The lowest BCUT2D eigenvalue weighted by Gasteiger charge is -2.55. The molecule has 1 unspecified atom stereocenters. The summed E-state index contributed by atoms with van der Waals surface area (Å²) in [5.74, 6) is -3.48. The number of nitrogens with zero attached hydrogens (tertiary/aromatic N) is 6. The van der Waals surface area contributed by atoms with Gasteiger partial charge < -0.3 is 19.9 Å². The minimum atomic E-state index is -1.37. The van der Waals surface area contributed by atoms with Gasteiger partial charge in [-0.25, -0.2) is 23.7 Å². The van der Waals surface area contributed by atoms with Crippen molar-refractivity contribution >= 4 is 45.7 Å². The van der Waals surface area contributed by atoms with Crippen LogP contribution in [0.15, 0.2) is 24.5 Å². The molecule has 1 aliphatic carbocycles. The first-order valence-corrected chi connectivity index (χ1v) is 18.1. The van der Waals surface area contributed by atoms with E-state index in [0.717, 1.165) is 25.9 Å². The number of amides is 1. The number of fused-ring (bicyclic) bond motifs is 2. The molecule has 2 fully saturated rings. The average molecular weight is 725 g/mol. The van der Waals surface area contributed by atoms with Crippen LogP contribution in [0.1, 0.15) is 97.2 Å². The number of aliphatic hydroxyl groups is 1. The topological polar surface area (TPSA) is 111 Å². The SMILES string of the molecule is CCNC(O)c1cc(Nc2nc(-c3cc4c(nc3F)C(C)(C)C(=O)N4C3CC(C)(N4CCCCC4)C3)cc3ncn(C(C)C)c23)c(F)c(F)c1Cl. The molecule has 51 heavy (non-hydrogen) atoms. The Morgan fingerprint density at radius 1 is 1.04 bits per heavy atom. The quantitative estimate of drug-likeness (QED) is 0.0924. The Bertz CT molecular complexity index is 2020. The number of aliphatic hydroxyl groups excluding tert-OH is 1. The summed E-state index contributed by atoms with van der Waals surface area (Å²) >= 11 is 6.10. The van der Waals surface area contributed by atoms with E-state index in [4.69, 9.17) is 16.6 Å². The van der Waals surface area contributed by atoms with Gasteiger partial charge in [0.25, 0.3) is 0 Å². The van der Waals surface area contributed by atoms with Gasteiger partial charge in [-0.05, 0) is 98.1 Å². The summed E-state index contributed by atoms with van der Waals surface area (Å²) in [6.07, 6.45) is 5.43. The molecule has 1 aromatic carbocycles. The first-order chi connectivity index (χ1) is 24.2. The zero-order valence-electron chi connectivity index (χ0n) is 29.7. The molecule has 0 bridgehead atoms. The van der Waals surface area contributed by atoms with E-state index in [-0.39, 0.29) is 51.9 Å². The second-order valence-corrected chi connectivity index (χ2v) is 15.5. The first-order valence-electron chi connectivity index (χ1n) is 17.7. The van der Waals surface area contributed by atoms with E-state index in [2.05, 4.69) is 32.4 Å². The molecule has 1 saturated carbocycles. The Morgan fingerprint density at radius 2 is 1.75 bits per heavy atom. The van der Waals surface area contributed by atoms with Gasteiger partial charge in [-0.3, -0.25) is 15.0 Å². The molecule has 3 N–H and O–H groups in total. The van der Waals surface area contributed by atoms with Gasteiger partial charge in [0.05, 0.1) is 50.6 Å². The fraction of sp³-hybridized carbons (Fsp3) is 0.514. The van der Waals surface area contributed by atoms with Crippen molar-refractivity contribution in [1.82, 2.24) is 29.7 Å². The minimum absolute atomic E-state index is 0.00409. The summed E-state index contributed by atoms with van der Waals surface area (Å²) in [6.45, 7) is 13.9. The highest BCUT2D eigenvalue weighted by Gasteiger charge is 2.55.